The van der Waals surface area contributed by atoms with Crippen molar-refractivity contribution >= 4 is 11.8 Å². The summed E-state index contributed by atoms with van der Waals surface area (Å²) in [5.41, 5.74) is 3.86. The Labute approximate surface area is 115 Å². The van der Waals surface area contributed by atoms with Gasteiger partial charge >= 0.3 is 0 Å². The van der Waals surface area contributed by atoms with E-state index >= 15 is 0 Å². The molecule has 2 aliphatic heterocycles. The largest absolute Gasteiger partial charge is 0.316 e. The maximum atomic E-state index is 3.55. The molecule has 0 aliphatic carbocycles. The van der Waals surface area contributed by atoms with Crippen LogP contribution in [0.1, 0.15) is 38.3 Å². The second kappa shape index (κ2) is 4.28. The summed E-state index contributed by atoms with van der Waals surface area (Å²) in [5.74, 6) is 1.29. The Balaban J connectivity index is 1.93. The maximum Gasteiger partial charge on any atom is 0.0105 e. The van der Waals surface area contributed by atoms with Crippen molar-refractivity contribution in [2.75, 3.05) is 18.8 Å². The van der Waals surface area contributed by atoms with Crippen LogP contribution in [-0.2, 0) is 11.8 Å². The molecular weight excluding hydrogens is 238 g/mol. The Hall–Kier alpha value is -0.470. The molecule has 0 saturated carbocycles. The lowest BCUT2D eigenvalue weighted by Gasteiger charge is -2.34. The molecule has 1 nitrogen and oxygen atoms in total. The minimum absolute atomic E-state index is 0.262. The van der Waals surface area contributed by atoms with Gasteiger partial charge in [0, 0.05) is 17.2 Å². The molecule has 1 N–H and O–H groups in total. The van der Waals surface area contributed by atoms with Gasteiger partial charge in [0.2, 0.25) is 0 Å². The van der Waals surface area contributed by atoms with Crippen molar-refractivity contribution in [2.45, 2.75) is 43.9 Å². The molecule has 0 bridgehead atoms. The van der Waals surface area contributed by atoms with Gasteiger partial charge in [-0.2, -0.15) is 0 Å². The molecule has 2 heteroatoms. The van der Waals surface area contributed by atoms with Crippen molar-refractivity contribution in [3.8, 4) is 0 Å². The van der Waals surface area contributed by atoms with Gasteiger partial charge in [-0.25, -0.2) is 0 Å². The highest BCUT2D eigenvalue weighted by Crippen LogP contribution is 2.44. The molecule has 0 aromatic heterocycles. The fourth-order valence-corrected chi connectivity index (χ4v) is 4.37. The fourth-order valence-electron chi connectivity index (χ4n) is 3.08. The molecule has 1 saturated heterocycles. The summed E-state index contributed by atoms with van der Waals surface area (Å²) < 4.78 is 0. The molecule has 2 heterocycles. The molecule has 1 spiro atoms. The number of benzene rings is 1. The Morgan fingerprint density at radius 1 is 1.28 bits per heavy atom. The molecule has 3 rings (SSSR count). The summed E-state index contributed by atoms with van der Waals surface area (Å²) in [6, 6.07) is 7.12. The smallest absolute Gasteiger partial charge is 0.0105 e. The van der Waals surface area contributed by atoms with Gasteiger partial charge in [-0.1, -0.05) is 32.9 Å². The van der Waals surface area contributed by atoms with E-state index in [4.69, 9.17) is 0 Å². The van der Waals surface area contributed by atoms with Gasteiger partial charge in [-0.3, -0.25) is 0 Å². The second-order valence-electron chi connectivity index (χ2n) is 6.96. The van der Waals surface area contributed by atoms with Crippen LogP contribution < -0.4 is 5.32 Å². The summed E-state index contributed by atoms with van der Waals surface area (Å²) >= 11 is 2.06. The second-order valence-corrected chi connectivity index (χ2v) is 7.98. The van der Waals surface area contributed by atoms with E-state index < -0.39 is 0 Å². The highest BCUT2D eigenvalue weighted by atomic mass is 32.2. The van der Waals surface area contributed by atoms with Crippen molar-refractivity contribution < 1.29 is 0 Å². The van der Waals surface area contributed by atoms with Gasteiger partial charge in [0.1, 0.15) is 0 Å². The highest BCUT2D eigenvalue weighted by Gasteiger charge is 2.37. The van der Waals surface area contributed by atoms with E-state index in [9.17, 15) is 0 Å². The minimum Gasteiger partial charge on any atom is -0.316 e. The number of fused-ring (bicyclic) bond motifs is 1. The van der Waals surface area contributed by atoms with E-state index in [2.05, 4.69) is 56.0 Å². The van der Waals surface area contributed by atoms with E-state index in [0.29, 0.717) is 5.41 Å². The van der Waals surface area contributed by atoms with Gasteiger partial charge in [0.25, 0.3) is 0 Å². The summed E-state index contributed by atoms with van der Waals surface area (Å²) in [4.78, 5) is 1.51. The SMILES string of the molecule is CC(C)(C)c1ccc2c(c1)CC1(CCNC1)CS2. The summed E-state index contributed by atoms with van der Waals surface area (Å²) in [6.07, 6.45) is 2.62. The molecule has 1 unspecified atom stereocenters. The highest BCUT2D eigenvalue weighted by molar-refractivity contribution is 7.99. The zero-order chi connectivity index (χ0) is 12.8. The predicted octanol–water partition coefficient (Wildman–Crippen LogP) is 3.61. The third-order valence-electron chi connectivity index (χ3n) is 4.36. The van der Waals surface area contributed by atoms with Crippen LogP contribution in [0.25, 0.3) is 0 Å². The van der Waals surface area contributed by atoms with Gasteiger partial charge in [-0.15, -0.1) is 11.8 Å². The van der Waals surface area contributed by atoms with Crippen molar-refractivity contribution in [3.05, 3.63) is 29.3 Å². The first-order valence-corrected chi connectivity index (χ1v) is 7.94. The summed E-state index contributed by atoms with van der Waals surface area (Å²) in [7, 11) is 0. The van der Waals surface area contributed by atoms with Gasteiger partial charge in [0.05, 0.1) is 0 Å². The lowest BCUT2D eigenvalue weighted by Crippen LogP contribution is -2.32. The third-order valence-corrected chi connectivity index (χ3v) is 5.82. The van der Waals surface area contributed by atoms with Crippen molar-refractivity contribution in [2.24, 2.45) is 5.41 Å². The predicted molar refractivity (Wildman–Crippen MR) is 79.5 cm³/mol. The molecule has 98 valence electrons. The summed E-state index contributed by atoms with van der Waals surface area (Å²) in [5, 5.41) is 3.55. The number of hydrogen-bond donors (Lipinski definition) is 1. The van der Waals surface area contributed by atoms with Crippen LogP contribution >= 0.6 is 11.8 Å². The minimum atomic E-state index is 0.262. The standard InChI is InChI=1S/C16H23NS/c1-15(2,3)13-4-5-14-12(8-13)9-16(11-18-14)6-7-17-10-16/h4-5,8,17H,6-7,9-11H2,1-3H3. The normalized spacial score (nSPS) is 27.5. The van der Waals surface area contributed by atoms with E-state index in [-0.39, 0.29) is 5.41 Å². The number of hydrogen-bond acceptors (Lipinski definition) is 2. The Bertz CT molecular complexity index is 453. The average Bonchev–Trinajstić information content (AvgIpc) is 2.75. The van der Waals surface area contributed by atoms with E-state index in [0.717, 1.165) is 0 Å². The van der Waals surface area contributed by atoms with E-state index in [1.54, 1.807) is 5.56 Å². The first kappa shape index (κ1) is 12.6. The lowest BCUT2D eigenvalue weighted by molar-refractivity contribution is 0.364. The molecule has 1 atom stereocenters. The molecule has 1 aromatic rings. The molecule has 1 fully saturated rings. The van der Waals surface area contributed by atoms with Gasteiger partial charge in [-0.05, 0) is 47.4 Å². The Morgan fingerprint density at radius 2 is 2.11 bits per heavy atom. The molecule has 0 amide bonds. The van der Waals surface area contributed by atoms with Crippen LogP contribution in [0, 0.1) is 5.41 Å². The van der Waals surface area contributed by atoms with Crippen LogP contribution in [0.2, 0.25) is 0 Å². The van der Waals surface area contributed by atoms with E-state index in [1.807, 2.05) is 0 Å². The van der Waals surface area contributed by atoms with Crippen molar-refractivity contribution in [3.63, 3.8) is 0 Å². The molecule has 1 aromatic carbocycles. The van der Waals surface area contributed by atoms with Gasteiger partial charge < -0.3 is 5.32 Å². The Morgan fingerprint density at radius 3 is 2.78 bits per heavy atom. The maximum absolute atomic E-state index is 3.55. The number of thioether (sulfide) groups is 1. The van der Waals surface area contributed by atoms with Crippen molar-refractivity contribution in [1.82, 2.24) is 5.32 Å². The van der Waals surface area contributed by atoms with Crippen LogP contribution in [0.15, 0.2) is 23.1 Å². The van der Waals surface area contributed by atoms with Crippen LogP contribution in [0.3, 0.4) is 0 Å². The van der Waals surface area contributed by atoms with Gasteiger partial charge in [0.15, 0.2) is 0 Å². The number of rotatable bonds is 0. The first-order chi connectivity index (χ1) is 8.49. The average molecular weight is 261 g/mol. The number of nitrogens with one attached hydrogen (secondary N) is 1. The molecular formula is C16H23NS. The monoisotopic (exact) mass is 261 g/mol. The zero-order valence-electron chi connectivity index (χ0n) is 11.7. The van der Waals surface area contributed by atoms with Crippen LogP contribution in [-0.4, -0.2) is 18.8 Å². The summed E-state index contributed by atoms with van der Waals surface area (Å²) in [6.45, 7) is 9.32. The zero-order valence-corrected chi connectivity index (χ0v) is 12.5. The van der Waals surface area contributed by atoms with Crippen LogP contribution in [0.5, 0.6) is 0 Å². The quantitative estimate of drug-likeness (QED) is 0.765. The lowest BCUT2D eigenvalue weighted by atomic mass is 9.80. The van der Waals surface area contributed by atoms with E-state index in [1.165, 1.54) is 42.1 Å². The first-order valence-electron chi connectivity index (χ1n) is 6.96. The Kier molecular flexibility index (Phi) is 2.98. The molecule has 0 radical (unpaired) electrons. The third kappa shape index (κ3) is 2.21. The topological polar surface area (TPSA) is 12.0 Å². The van der Waals surface area contributed by atoms with Crippen molar-refractivity contribution in [1.29, 1.82) is 0 Å². The molecule has 2 aliphatic rings. The molecule has 18 heavy (non-hydrogen) atoms. The fraction of sp³-hybridized carbons (Fsp3) is 0.625. The van der Waals surface area contributed by atoms with Crippen LogP contribution in [0.4, 0.5) is 0 Å².